The maximum Gasteiger partial charge on any atom is 0.254 e. The van der Waals surface area contributed by atoms with Crippen LogP contribution in [0.15, 0.2) is 30.3 Å². The van der Waals surface area contributed by atoms with Gasteiger partial charge in [-0.3, -0.25) is 4.79 Å². The van der Waals surface area contributed by atoms with Crippen LogP contribution in [0.3, 0.4) is 0 Å². The molecule has 1 atom stereocenters. The molecule has 1 saturated heterocycles. The van der Waals surface area contributed by atoms with E-state index in [9.17, 15) is 4.79 Å². The summed E-state index contributed by atoms with van der Waals surface area (Å²) in [6.07, 6.45) is 3.09. The van der Waals surface area contributed by atoms with Crippen molar-refractivity contribution in [3.05, 3.63) is 53.0 Å². The SMILES string of the molecule is CNc1nc([C@@H]2CCCN(C)C2)nc2c1CCN(C(=O)c1ccccc1)C2. The van der Waals surface area contributed by atoms with E-state index in [-0.39, 0.29) is 5.91 Å². The number of fused-ring (bicyclic) bond motifs is 1. The van der Waals surface area contributed by atoms with Crippen LogP contribution in [0.1, 0.15) is 46.2 Å². The van der Waals surface area contributed by atoms with Crippen LogP contribution >= 0.6 is 0 Å². The molecule has 3 heterocycles. The molecular weight excluding hydrogens is 338 g/mol. The number of nitrogens with zero attached hydrogens (tertiary/aromatic N) is 4. The second-order valence-corrected chi connectivity index (χ2v) is 7.55. The molecule has 0 radical (unpaired) electrons. The van der Waals surface area contributed by atoms with E-state index in [0.717, 1.165) is 54.4 Å². The number of carbonyl (C=O) groups excluding carboxylic acids is 1. The van der Waals surface area contributed by atoms with Crippen molar-refractivity contribution < 1.29 is 4.79 Å². The number of hydrogen-bond acceptors (Lipinski definition) is 5. The normalized spacial score (nSPS) is 20.2. The summed E-state index contributed by atoms with van der Waals surface area (Å²) in [7, 11) is 4.07. The first-order valence-corrected chi connectivity index (χ1v) is 9.76. The van der Waals surface area contributed by atoms with Gasteiger partial charge in [0.15, 0.2) is 0 Å². The van der Waals surface area contributed by atoms with Gasteiger partial charge < -0.3 is 15.1 Å². The van der Waals surface area contributed by atoms with Crippen molar-refractivity contribution in [1.29, 1.82) is 0 Å². The minimum Gasteiger partial charge on any atom is -0.373 e. The molecule has 4 rings (SSSR count). The number of anilines is 1. The third-order valence-corrected chi connectivity index (χ3v) is 5.62. The molecule has 6 heteroatoms. The summed E-state index contributed by atoms with van der Waals surface area (Å²) in [5, 5.41) is 3.25. The van der Waals surface area contributed by atoms with E-state index in [4.69, 9.17) is 9.97 Å². The highest BCUT2D eigenvalue weighted by Crippen LogP contribution is 2.29. The molecule has 6 nitrogen and oxygen atoms in total. The molecule has 142 valence electrons. The molecule has 1 amide bonds. The summed E-state index contributed by atoms with van der Waals surface area (Å²) in [6, 6.07) is 9.50. The van der Waals surface area contributed by atoms with Crippen molar-refractivity contribution in [2.45, 2.75) is 31.7 Å². The fraction of sp³-hybridized carbons (Fsp3) is 0.476. The Morgan fingerprint density at radius 3 is 2.74 bits per heavy atom. The van der Waals surface area contributed by atoms with Crippen LogP contribution in [0.4, 0.5) is 5.82 Å². The van der Waals surface area contributed by atoms with Gasteiger partial charge in [-0.05, 0) is 45.0 Å². The van der Waals surface area contributed by atoms with Crippen LogP contribution in [0.25, 0.3) is 0 Å². The van der Waals surface area contributed by atoms with Gasteiger partial charge in [0.2, 0.25) is 0 Å². The van der Waals surface area contributed by atoms with Gasteiger partial charge in [-0.2, -0.15) is 0 Å². The first-order valence-electron chi connectivity index (χ1n) is 9.76. The molecule has 0 unspecified atom stereocenters. The van der Waals surface area contributed by atoms with Crippen molar-refractivity contribution >= 4 is 11.7 Å². The Morgan fingerprint density at radius 1 is 1.19 bits per heavy atom. The Balaban J connectivity index is 1.61. The molecule has 0 bridgehead atoms. The quantitative estimate of drug-likeness (QED) is 0.906. The van der Waals surface area contributed by atoms with Crippen LogP contribution in [-0.4, -0.2) is 59.4 Å². The van der Waals surface area contributed by atoms with E-state index < -0.39 is 0 Å². The van der Waals surface area contributed by atoms with Crippen molar-refractivity contribution in [3.8, 4) is 0 Å². The summed E-state index contributed by atoms with van der Waals surface area (Å²) in [4.78, 5) is 26.9. The van der Waals surface area contributed by atoms with Crippen LogP contribution in [0.2, 0.25) is 0 Å². The molecule has 2 aliphatic rings. The minimum atomic E-state index is 0.0739. The largest absolute Gasteiger partial charge is 0.373 e. The second-order valence-electron chi connectivity index (χ2n) is 7.55. The lowest BCUT2D eigenvalue weighted by Crippen LogP contribution is -2.37. The van der Waals surface area contributed by atoms with Gasteiger partial charge >= 0.3 is 0 Å². The first kappa shape index (κ1) is 17.9. The highest BCUT2D eigenvalue weighted by molar-refractivity contribution is 5.94. The van der Waals surface area contributed by atoms with Crippen molar-refractivity contribution in [2.75, 3.05) is 39.0 Å². The minimum absolute atomic E-state index is 0.0739. The summed E-state index contributed by atoms with van der Waals surface area (Å²) in [5.74, 6) is 2.28. The maximum atomic E-state index is 12.9. The van der Waals surface area contributed by atoms with Gasteiger partial charge in [0.1, 0.15) is 11.6 Å². The zero-order chi connectivity index (χ0) is 18.8. The van der Waals surface area contributed by atoms with Crippen LogP contribution in [-0.2, 0) is 13.0 Å². The number of rotatable bonds is 3. The fourth-order valence-electron chi connectivity index (χ4n) is 4.15. The summed E-state index contributed by atoms with van der Waals surface area (Å²) < 4.78 is 0. The Labute approximate surface area is 160 Å². The lowest BCUT2D eigenvalue weighted by molar-refractivity contribution is 0.0731. The van der Waals surface area contributed by atoms with Crippen molar-refractivity contribution in [1.82, 2.24) is 19.8 Å². The van der Waals surface area contributed by atoms with Gasteiger partial charge in [0.05, 0.1) is 12.2 Å². The highest BCUT2D eigenvalue weighted by Gasteiger charge is 2.28. The molecule has 1 N–H and O–H groups in total. The molecular formula is C21H27N5O. The van der Waals surface area contributed by atoms with E-state index in [0.29, 0.717) is 19.0 Å². The third kappa shape index (κ3) is 3.67. The predicted molar refractivity (Wildman–Crippen MR) is 106 cm³/mol. The zero-order valence-electron chi connectivity index (χ0n) is 16.1. The van der Waals surface area contributed by atoms with E-state index in [1.807, 2.05) is 42.3 Å². The number of likely N-dealkylation sites (tertiary alicyclic amines) is 1. The smallest absolute Gasteiger partial charge is 0.254 e. The lowest BCUT2D eigenvalue weighted by Gasteiger charge is -2.32. The molecule has 1 aromatic carbocycles. The number of benzene rings is 1. The van der Waals surface area contributed by atoms with Crippen molar-refractivity contribution in [2.24, 2.45) is 0 Å². The monoisotopic (exact) mass is 365 g/mol. The van der Waals surface area contributed by atoms with Gasteiger partial charge in [-0.25, -0.2) is 9.97 Å². The first-order chi connectivity index (χ1) is 13.2. The number of likely N-dealkylation sites (N-methyl/N-ethyl adjacent to an activating group) is 1. The van der Waals surface area contributed by atoms with Crippen LogP contribution < -0.4 is 5.32 Å². The molecule has 1 fully saturated rings. The predicted octanol–water partition coefficient (Wildman–Crippen LogP) is 2.53. The standard InChI is InChI=1S/C21H27N5O/c1-22-20-17-10-12-26(21(27)15-7-4-3-5-8-15)14-18(17)23-19(24-20)16-9-6-11-25(2)13-16/h3-5,7-8,16H,6,9-14H2,1-2H3,(H,22,23,24)/t16-/m1/s1. The Morgan fingerprint density at radius 2 is 2.00 bits per heavy atom. The molecule has 0 aliphatic carbocycles. The Bertz CT molecular complexity index is 823. The third-order valence-electron chi connectivity index (χ3n) is 5.62. The Kier molecular flexibility index (Phi) is 5.07. The number of aromatic nitrogens is 2. The Hall–Kier alpha value is -2.47. The van der Waals surface area contributed by atoms with E-state index >= 15 is 0 Å². The van der Waals surface area contributed by atoms with Crippen LogP contribution in [0.5, 0.6) is 0 Å². The number of carbonyl (C=O) groups is 1. The average molecular weight is 365 g/mol. The fourth-order valence-corrected chi connectivity index (χ4v) is 4.15. The number of amides is 1. The van der Waals surface area contributed by atoms with Gasteiger partial charge in [-0.15, -0.1) is 0 Å². The van der Waals surface area contributed by atoms with E-state index in [2.05, 4.69) is 17.3 Å². The average Bonchev–Trinajstić information content (AvgIpc) is 2.72. The van der Waals surface area contributed by atoms with E-state index in [1.165, 1.54) is 6.42 Å². The number of hydrogen-bond donors (Lipinski definition) is 1. The van der Waals surface area contributed by atoms with Crippen molar-refractivity contribution in [3.63, 3.8) is 0 Å². The van der Waals surface area contributed by atoms with Gasteiger partial charge in [0, 0.05) is 37.2 Å². The lowest BCUT2D eigenvalue weighted by atomic mass is 9.96. The maximum absolute atomic E-state index is 12.9. The second kappa shape index (κ2) is 7.64. The topological polar surface area (TPSA) is 61.4 Å². The number of nitrogens with one attached hydrogen (secondary N) is 1. The summed E-state index contributed by atoms with van der Waals surface area (Å²) in [5.41, 5.74) is 2.88. The van der Waals surface area contributed by atoms with E-state index in [1.54, 1.807) is 0 Å². The van der Waals surface area contributed by atoms with Gasteiger partial charge in [0.25, 0.3) is 5.91 Å². The summed E-state index contributed by atoms with van der Waals surface area (Å²) in [6.45, 7) is 3.38. The number of piperidine rings is 1. The zero-order valence-corrected chi connectivity index (χ0v) is 16.1. The van der Waals surface area contributed by atoms with Crippen LogP contribution in [0, 0.1) is 0 Å². The molecule has 1 aromatic heterocycles. The molecule has 2 aromatic rings. The highest BCUT2D eigenvalue weighted by atomic mass is 16.2. The summed E-state index contributed by atoms with van der Waals surface area (Å²) >= 11 is 0. The molecule has 27 heavy (non-hydrogen) atoms. The molecule has 0 saturated carbocycles. The molecule has 0 spiro atoms. The molecule has 2 aliphatic heterocycles. The van der Waals surface area contributed by atoms with Gasteiger partial charge in [-0.1, -0.05) is 18.2 Å².